The van der Waals surface area contributed by atoms with Gasteiger partial charge in [0.15, 0.2) is 0 Å². The molecule has 0 atom stereocenters. The van der Waals surface area contributed by atoms with Crippen molar-refractivity contribution in [3.63, 3.8) is 0 Å². The first-order valence-electron chi connectivity index (χ1n) is 7.69. The van der Waals surface area contributed by atoms with E-state index in [1.165, 1.54) is 17.1 Å². The SMILES string of the molecule is CC(C)(C)c1cc(C(C)(C)C)c2c(c1)C(C)(C)CSC2. The summed E-state index contributed by atoms with van der Waals surface area (Å²) in [5.41, 5.74) is 6.97. The molecule has 0 bridgehead atoms. The predicted octanol–water partition coefficient (Wildman–Crippen LogP) is 5.81. The highest BCUT2D eigenvalue weighted by atomic mass is 32.2. The molecule has 0 unspecified atom stereocenters. The molecule has 0 saturated heterocycles. The summed E-state index contributed by atoms with van der Waals surface area (Å²) in [6.45, 7) is 18.8. The lowest BCUT2D eigenvalue weighted by molar-refractivity contribution is 0.541. The number of rotatable bonds is 0. The highest BCUT2D eigenvalue weighted by Gasteiger charge is 2.33. The minimum Gasteiger partial charge on any atom is -0.156 e. The topological polar surface area (TPSA) is 0 Å². The molecule has 0 aliphatic carbocycles. The van der Waals surface area contributed by atoms with E-state index in [1.54, 1.807) is 16.7 Å². The largest absolute Gasteiger partial charge is 0.156 e. The molecule has 0 nitrogen and oxygen atoms in total. The van der Waals surface area contributed by atoms with Crippen molar-refractivity contribution in [3.8, 4) is 0 Å². The number of thioether (sulfide) groups is 1. The summed E-state index contributed by atoms with van der Waals surface area (Å²) >= 11 is 2.09. The first-order chi connectivity index (χ1) is 8.93. The Hall–Kier alpha value is -0.430. The molecule has 0 radical (unpaired) electrons. The van der Waals surface area contributed by atoms with Crippen LogP contribution in [0.5, 0.6) is 0 Å². The maximum absolute atomic E-state index is 2.49. The van der Waals surface area contributed by atoms with Crippen molar-refractivity contribution in [1.29, 1.82) is 0 Å². The first-order valence-corrected chi connectivity index (χ1v) is 8.84. The highest BCUT2D eigenvalue weighted by molar-refractivity contribution is 7.98. The summed E-state index contributed by atoms with van der Waals surface area (Å²) in [5.74, 6) is 2.41. The van der Waals surface area contributed by atoms with E-state index in [-0.39, 0.29) is 10.8 Å². The summed E-state index contributed by atoms with van der Waals surface area (Å²) < 4.78 is 0. The fraction of sp³-hybridized carbons (Fsp3) is 0.684. The molecule has 1 heteroatoms. The van der Waals surface area contributed by atoms with Gasteiger partial charge in [0.1, 0.15) is 0 Å². The minimum absolute atomic E-state index is 0.218. The molecule has 1 aliphatic rings. The molecule has 0 N–H and O–H groups in total. The van der Waals surface area contributed by atoms with E-state index in [1.807, 2.05) is 0 Å². The lowest BCUT2D eigenvalue weighted by Crippen LogP contribution is -2.30. The molecule has 2 rings (SSSR count). The molecule has 0 amide bonds. The predicted molar refractivity (Wildman–Crippen MR) is 93.0 cm³/mol. The molecule has 0 spiro atoms. The van der Waals surface area contributed by atoms with Gasteiger partial charge in [-0.15, -0.1) is 0 Å². The van der Waals surface area contributed by atoms with E-state index < -0.39 is 0 Å². The normalized spacial score (nSPS) is 18.8. The van der Waals surface area contributed by atoms with Crippen LogP contribution >= 0.6 is 11.8 Å². The van der Waals surface area contributed by atoms with Crippen LogP contribution in [0.4, 0.5) is 0 Å². The molecule has 1 aromatic rings. The molecule has 20 heavy (non-hydrogen) atoms. The van der Waals surface area contributed by atoms with Crippen LogP contribution in [0, 0.1) is 0 Å². The summed E-state index contributed by atoms with van der Waals surface area (Å²) in [6.07, 6.45) is 0. The maximum atomic E-state index is 2.49. The van der Waals surface area contributed by atoms with Crippen molar-refractivity contribution in [1.82, 2.24) is 0 Å². The summed E-state index contributed by atoms with van der Waals surface area (Å²) in [6, 6.07) is 4.96. The number of hydrogen-bond donors (Lipinski definition) is 0. The third-order valence-corrected chi connectivity index (χ3v) is 5.78. The summed E-state index contributed by atoms with van der Waals surface area (Å²) in [4.78, 5) is 0. The monoisotopic (exact) mass is 290 g/mol. The molecule has 1 aliphatic heterocycles. The van der Waals surface area contributed by atoms with Gasteiger partial charge in [0, 0.05) is 11.5 Å². The Labute approximate surface area is 129 Å². The molecule has 0 saturated carbocycles. The second-order valence-corrected chi connectivity index (χ2v) is 9.91. The van der Waals surface area contributed by atoms with Crippen LogP contribution in [-0.4, -0.2) is 5.75 Å². The Morgan fingerprint density at radius 1 is 0.950 bits per heavy atom. The lowest BCUT2D eigenvalue weighted by atomic mass is 9.72. The van der Waals surface area contributed by atoms with Crippen molar-refractivity contribution < 1.29 is 0 Å². The van der Waals surface area contributed by atoms with Gasteiger partial charge in [-0.3, -0.25) is 0 Å². The molecular formula is C19H30S. The van der Waals surface area contributed by atoms with Crippen molar-refractivity contribution in [2.75, 3.05) is 5.75 Å². The molecule has 1 aromatic carbocycles. The Morgan fingerprint density at radius 2 is 1.55 bits per heavy atom. The third-order valence-electron chi connectivity index (χ3n) is 4.36. The Bertz CT molecular complexity index is 493. The standard InChI is InChI=1S/C19H30S/c1-17(2,3)13-9-15(18(4,5)6)14-11-20-12-19(7,8)16(14)10-13/h9-10H,11-12H2,1-8H3. The molecular weight excluding hydrogens is 260 g/mol. The van der Waals surface area contributed by atoms with Gasteiger partial charge in [0.25, 0.3) is 0 Å². The Morgan fingerprint density at radius 3 is 2.05 bits per heavy atom. The molecule has 1 heterocycles. The van der Waals surface area contributed by atoms with Gasteiger partial charge < -0.3 is 0 Å². The van der Waals surface area contributed by atoms with Gasteiger partial charge in [0.05, 0.1) is 0 Å². The zero-order valence-electron chi connectivity index (χ0n) is 14.5. The second-order valence-electron chi connectivity index (χ2n) is 8.93. The number of benzene rings is 1. The van der Waals surface area contributed by atoms with Crippen LogP contribution in [0.25, 0.3) is 0 Å². The van der Waals surface area contributed by atoms with Gasteiger partial charge >= 0.3 is 0 Å². The van der Waals surface area contributed by atoms with Crippen molar-refractivity contribution in [2.24, 2.45) is 0 Å². The molecule has 0 aromatic heterocycles. The van der Waals surface area contributed by atoms with E-state index in [4.69, 9.17) is 0 Å². The third kappa shape index (κ3) is 2.93. The molecule has 0 fully saturated rings. The van der Waals surface area contributed by atoms with Crippen LogP contribution in [0.15, 0.2) is 12.1 Å². The average Bonchev–Trinajstić information content (AvgIpc) is 2.24. The van der Waals surface area contributed by atoms with Gasteiger partial charge in [0.2, 0.25) is 0 Å². The van der Waals surface area contributed by atoms with Crippen molar-refractivity contribution in [2.45, 2.75) is 77.4 Å². The van der Waals surface area contributed by atoms with E-state index in [0.717, 1.165) is 0 Å². The van der Waals surface area contributed by atoms with Crippen LogP contribution in [0.2, 0.25) is 0 Å². The van der Waals surface area contributed by atoms with Crippen LogP contribution in [-0.2, 0) is 22.0 Å². The number of fused-ring (bicyclic) bond motifs is 1. The zero-order chi connectivity index (χ0) is 15.3. The van der Waals surface area contributed by atoms with Crippen LogP contribution in [0.1, 0.15) is 77.6 Å². The smallest absolute Gasteiger partial charge is 0.0190 e. The first kappa shape index (κ1) is 15.9. The lowest BCUT2D eigenvalue weighted by Gasteiger charge is -2.38. The maximum Gasteiger partial charge on any atom is 0.0190 e. The van der Waals surface area contributed by atoms with E-state index in [0.29, 0.717) is 5.41 Å². The van der Waals surface area contributed by atoms with Crippen LogP contribution < -0.4 is 0 Å². The van der Waals surface area contributed by atoms with E-state index >= 15 is 0 Å². The van der Waals surface area contributed by atoms with Gasteiger partial charge in [-0.05, 0) is 38.5 Å². The van der Waals surface area contributed by atoms with Gasteiger partial charge in [-0.25, -0.2) is 0 Å². The van der Waals surface area contributed by atoms with E-state index in [2.05, 4.69) is 79.3 Å². The second kappa shape index (κ2) is 4.80. The van der Waals surface area contributed by atoms with Crippen LogP contribution in [0.3, 0.4) is 0 Å². The Kier molecular flexibility index (Phi) is 3.83. The van der Waals surface area contributed by atoms with Crippen molar-refractivity contribution in [3.05, 3.63) is 34.4 Å². The Balaban J connectivity index is 2.75. The fourth-order valence-electron chi connectivity index (χ4n) is 3.02. The zero-order valence-corrected chi connectivity index (χ0v) is 15.3. The highest BCUT2D eigenvalue weighted by Crippen LogP contribution is 2.44. The van der Waals surface area contributed by atoms with Crippen molar-refractivity contribution >= 4 is 11.8 Å². The summed E-state index contributed by atoms with van der Waals surface area (Å²) in [5, 5.41) is 0. The summed E-state index contributed by atoms with van der Waals surface area (Å²) in [7, 11) is 0. The molecule has 112 valence electrons. The average molecular weight is 291 g/mol. The minimum atomic E-state index is 0.218. The van der Waals surface area contributed by atoms with Gasteiger partial charge in [-0.2, -0.15) is 11.8 Å². The quantitative estimate of drug-likeness (QED) is 0.581. The van der Waals surface area contributed by atoms with E-state index in [9.17, 15) is 0 Å². The van der Waals surface area contributed by atoms with Gasteiger partial charge in [-0.1, -0.05) is 67.5 Å². The number of hydrogen-bond acceptors (Lipinski definition) is 1. The fourth-order valence-corrected chi connectivity index (χ4v) is 4.30.